The number of aryl methyl sites for hydroxylation is 1. The Bertz CT molecular complexity index is 401. The van der Waals surface area contributed by atoms with E-state index in [-0.39, 0.29) is 11.9 Å². The lowest BCUT2D eigenvalue weighted by Gasteiger charge is -2.29. The molecule has 0 spiro atoms. The summed E-state index contributed by atoms with van der Waals surface area (Å²) in [5.41, 5.74) is 1.26. The number of nitrogens with zero attached hydrogens (tertiary/aromatic N) is 2. The van der Waals surface area contributed by atoms with Crippen LogP contribution in [-0.4, -0.2) is 34.8 Å². The van der Waals surface area contributed by atoms with Crippen molar-refractivity contribution in [2.45, 2.75) is 32.2 Å². The van der Waals surface area contributed by atoms with Gasteiger partial charge in [0.15, 0.2) is 0 Å². The topological polar surface area (TPSA) is 59.0 Å². The second kappa shape index (κ2) is 6.00. The molecule has 2 unspecified atom stereocenters. The molecule has 1 fully saturated rings. The predicted molar refractivity (Wildman–Crippen MR) is 70.1 cm³/mol. The molecule has 0 bridgehead atoms. The molecule has 2 rings (SSSR count). The third-order valence-corrected chi connectivity index (χ3v) is 3.46. The SMILES string of the molecule is CCNC(=O)C1CC(Cc2cnn(C)c2)CCN1. The maximum Gasteiger partial charge on any atom is 0.237 e. The number of hydrogen-bond acceptors (Lipinski definition) is 3. The van der Waals surface area contributed by atoms with Crippen molar-refractivity contribution < 1.29 is 4.79 Å². The van der Waals surface area contributed by atoms with Crippen molar-refractivity contribution in [2.24, 2.45) is 13.0 Å². The van der Waals surface area contributed by atoms with Crippen LogP contribution in [-0.2, 0) is 18.3 Å². The normalized spacial score (nSPS) is 23.9. The third-order valence-electron chi connectivity index (χ3n) is 3.46. The minimum Gasteiger partial charge on any atom is -0.355 e. The minimum atomic E-state index is -0.0274. The molecule has 1 amide bonds. The van der Waals surface area contributed by atoms with Gasteiger partial charge < -0.3 is 10.6 Å². The van der Waals surface area contributed by atoms with Gasteiger partial charge in [-0.05, 0) is 44.2 Å². The molecule has 5 heteroatoms. The lowest BCUT2D eigenvalue weighted by Crippen LogP contribution is -2.48. The van der Waals surface area contributed by atoms with Gasteiger partial charge in [0, 0.05) is 19.8 Å². The summed E-state index contributed by atoms with van der Waals surface area (Å²) in [4.78, 5) is 11.8. The molecular weight excluding hydrogens is 228 g/mol. The molecule has 0 saturated carbocycles. The molecule has 5 nitrogen and oxygen atoms in total. The van der Waals surface area contributed by atoms with Crippen LogP contribution in [0, 0.1) is 5.92 Å². The first-order valence-electron chi connectivity index (χ1n) is 6.67. The quantitative estimate of drug-likeness (QED) is 0.816. The smallest absolute Gasteiger partial charge is 0.237 e. The van der Waals surface area contributed by atoms with Crippen LogP contribution in [0.1, 0.15) is 25.3 Å². The Labute approximate surface area is 108 Å². The van der Waals surface area contributed by atoms with E-state index in [1.165, 1.54) is 5.56 Å². The largest absolute Gasteiger partial charge is 0.355 e. The van der Waals surface area contributed by atoms with Crippen LogP contribution in [0.2, 0.25) is 0 Å². The van der Waals surface area contributed by atoms with E-state index in [2.05, 4.69) is 21.9 Å². The predicted octanol–water partition coefficient (Wildman–Crippen LogP) is 0.467. The van der Waals surface area contributed by atoms with Crippen LogP contribution >= 0.6 is 0 Å². The van der Waals surface area contributed by atoms with Crippen LogP contribution in [0.4, 0.5) is 0 Å². The summed E-state index contributed by atoms with van der Waals surface area (Å²) in [7, 11) is 1.93. The lowest BCUT2D eigenvalue weighted by atomic mass is 9.87. The Kier molecular flexibility index (Phi) is 4.36. The van der Waals surface area contributed by atoms with Crippen LogP contribution in [0.15, 0.2) is 12.4 Å². The van der Waals surface area contributed by atoms with E-state index in [9.17, 15) is 4.79 Å². The summed E-state index contributed by atoms with van der Waals surface area (Å²) in [6, 6.07) is -0.0274. The zero-order valence-corrected chi connectivity index (χ0v) is 11.1. The van der Waals surface area contributed by atoms with Gasteiger partial charge in [-0.25, -0.2) is 0 Å². The zero-order chi connectivity index (χ0) is 13.0. The molecule has 1 aromatic heterocycles. The first-order chi connectivity index (χ1) is 8.69. The summed E-state index contributed by atoms with van der Waals surface area (Å²) < 4.78 is 1.83. The molecule has 2 N–H and O–H groups in total. The number of rotatable bonds is 4. The van der Waals surface area contributed by atoms with Gasteiger partial charge >= 0.3 is 0 Å². The number of piperidine rings is 1. The molecule has 1 aromatic rings. The molecule has 18 heavy (non-hydrogen) atoms. The molecule has 0 aliphatic carbocycles. The van der Waals surface area contributed by atoms with Gasteiger partial charge in [-0.3, -0.25) is 9.48 Å². The van der Waals surface area contributed by atoms with Crippen molar-refractivity contribution in [3.63, 3.8) is 0 Å². The highest BCUT2D eigenvalue weighted by molar-refractivity contribution is 5.81. The molecular formula is C13H22N4O. The first-order valence-corrected chi connectivity index (χ1v) is 6.67. The molecule has 0 radical (unpaired) electrons. The Morgan fingerprint density at radius 3 is 3.17 bits per heavy atom. The summed E-state index contributed by atoms with van der Waals surface area (Å²) in [6.07, 6.45) is 7.04. The number of carbonyl (C=O) groups excluding carboxylic acids is 1. The van der Waals surface area contributed by atoms with Gasteiger partial charge in [0.2, 0.25) is 5.91 Å². The Hall–Kier alpha value is -1.36. The van der Waals surface area contributed by atoms with E-state index < -0.39 is 0 Å². The van der Waals surface area contributed by atoms with Gasteiger partial charge in [-0.1, -0.05) is 0 Å². The van der Waals surface area contributed by atoms with Crippen molar-refractivity contribution in [1.82, 2.24) is 20.4 Å². The van der Waals surface area contributed by atoms with E-state index in [1.54, 1.807) is 0 Å². The number of carbonyl (C=O) groups is 1. The molecule has 1 aliphatic heterocycles. The molecule has 2 atom stereocenters. The Morgan fingerprint density at radius 2 is 2.50 bits per heavy atom. The first kappa shape index (κ1) is 13.1. The van der Waals surface area contributed by atoms with E-state index in [1.807, 2.05) is 24.9 Å². The molecule has 0 aromatic carbocycles. The van der Waals surface area contributed by atoms with Crippen LogP contribution in [0.5, 0.6) is 0 Å². The number of likely N-dealkylation sites (N-methyl/N-ethyl adjacent to an activating group) is 1. The maximum atomic E-state index is 11.8. The molecule has 1 aliphatic rings. The fourth-order valence-electron chi connectivity index (χ4n) is 2.59. The number of hydrogen-bond donors (Lipinski definition) is 2. The summed E-state index contributed by atoms with van der Waals surface area (Å²) in [5, 5.41) is 10.4. The van der Waals surface area contributed by atoms with E-state index >= 15 is 0 Å². The van der Waals surface area contributed by atoms with Gasteiger partial charge in [0.1, 0.15) is 0 Å². The fraction of sp³-hybridized carbons (Fsp3) is 0.692. The zero-order valence-electron chi connectivity index (χ0n) is 11.1. The van der Waals surface area contributed by atoms with Crippen LogP contribution < -0.4 is 10.6 Å². The number of nitrogens with one attached hydrogen (secondary N) is 2. The number of amides is 1. The third kappa shape index (κ3) is 3.32. The van der Waals surface area contributed by atoms with Gasteiger partial charge in [-0.2, -0.15) is 5.10 Å². The second-order valence-electron chi connectivity index (χ2n) is 5.02. The van der Waals surface area contributed by atoms with Crippen molar-refractivity contribution in [2.75, 3.05) is 13.1 Å². The van der Waals surface area contributed by atoms with Crippen molar-refractivity contribution in [3.05, 3.63) is 18.0 Å². The Morgan fingerprint density at radius 1 is 1.67 bits per heavy atom. The molecule has 100 valence electrons. The van der Waals surface area contributed by atoms with E-state index in [4.69, 9.17) is 0 Å². The summed E-state index contributed by atoms with van der Waals surface area (Å²) in [5.74, 6) is 0.705. The monoisotopic (exact) mass is 250 g/mol. The van der Waals surface area contributed by atoms with Crippen molar-refractivity contribution in [3.8, 4) is 0 Å². The highest BCUT2D eigenvalue weighted by Crippen LogP contribution is 2.21. The Balaban J connectivity index is 1.88. The summed E-state index contributed by atoms with van der Waals surface area (Å²) >= 11 is 0. The average molecular weight is 250 g/mol. The number of aromatic nitrogens is 2. The highest BCUT2D eigenvalue weighted by atomic mass is 16.2. The van der Waals surface area contributed by atoms with E-state index in [0.29, 0.717) is 12.5 Å². The van der Waals surface area contributed by atoms with E-state index in [0.717, 1.165) is 25.8 Å². The minimum absolute atomic E-state index is 0.0274. The standard InChI is InChI=1S/C13H22N4O/c1-3-14-13(18)12-7-10(4-5-15-12)6-11-8-16-17(2)9-11/h8-10,12,15H,3-7H2,1-2H3,(H,14,18). The van der Waals surface area contributed by atoms with Crippen LogP contribution in [0.3, 0.4) is 0 Å². The highest BCUT2D eigenvalue weighted by Gasteiger charge is 2.26. The van der Waals surface area contributed by atoms with Gasteiger partial charge in [-0.15, -0.1) is 0 Å². The maximum absolute atomic E-state index is 11.8. The van der Waals surface area contributed by atoms with Crippen molar-refractivity contribution >= 4 is 5.91 Å². The second-order valence-corrected chi connectivity index (χ2v) is 5.02. The van der Waals surface area contributed by atoms with Gasteiger partial charge in [0.05, 0.1) is 12.2 Å². The van der Waals surface area contributed by atoms with Gasteiger partial charge in [0.25, 0.3) is 0 Å². The molecule has 1 saturated heterocycles. The van der Waals surface area contributed by atoms with Crippen LogP contribution in [0.25, 0.3) is 0 Å². The summed E-state index contributed by atoms with van der Waals surface area (Å²) in [6.45, 7) is 3.57. The molecule has 2 heterocycles. The fourth-order valence-corrected chi connectivity index (χ4v) is 2.59. The lowest BCUT2D eigenvalue weighted by molar-refractivity contribution is -0.123. The average Bonchev–Trinajstić information content (AvgIpc) is 2.75. The van der Waals surface area contributed by atoms with Crippen molar-refractivity contribution in [1.29, 1.82) is 0 Å².